The fraction of sp³-hybridized carbons (Fsp3) is 0.418. The number of aryl methyl sites for hydroxylation is 1. The topological polar surface area (TPSA) is 272 Å². The van der Waals surface area contributed by atoms with E-state index in [0.717, 1.165) is 20.9 Å². The first kappa shape index (κ1) is 55.8. The van der Waals surface area contributed by atoms with Gasteiger partial charge in [-0.05, 0) is 116 Å². The minimum atomic E-state index is -1.06. The Hall–Kier alpha value is -7.94. The van der Waals surface area contributed by atoms with Crippen LogP contribution in [0.1, 0.15) is 92.3 Å². The molecule has 1 saturated heterocycles. The second kappa shape index (κ2) is 25.5. The maximum absolute atomic E-state index is 13.7. The number of nitrogens with zero attached hydrogens (tertiary/aromatic N) is 4. The van der Waals surface area contributed by atoms with E-state index in [0.29, 0.717) is 81.6 Å². The number of carbonyl (C=O) groups excluding carboxylic acids is 9. The number of thiophene rings is 1. The van der Waals surface area contributed by atoms with Crippen LogP contribution in [0.4, 0.5) is 21.1 Å². The van der Waals surface area contributed by atoms with Gasteiger partial charge in [-0.25, -0.2) is 14.6 Å². The smallest absolute Gasteiger partial charge is 0.410 e. The average Bonchev–Trinajstić information content (AvgIpc) is 3.91. The first-order valence-corrected chi connectivity index (χ1v) is 26.4. The number of fused-ring (bicyclic) bond motifs is 2. The van der Waals surface area contributed by atoms with E-state index < -0.39 is 41.4 Å². The van der Waals surface area contributed by atoms with Crippen LogP contribution in [0.15, 0.2) is 79.0 Å². The van der Waals surface area contributed by atoms with Crippen molar-refractivity contribution >= 4 is 92.5 Å². The maximum atomic E-state index is 13.7. The molecule has 21 heteroatoms. The highest BCUT2D eigenvalue weighted by molar-refractivity contribution is 7.19. The normalized spacial score (nSPS) is 15.6. The van der Waals surface area contributed by atoms with Gasteiger partial charge in [0.2, 0.25) is 29.5 Å². The molecule has 0 saturated carbocycles. The van der Waals surface area contributed by atoms with Gasteiger partial charge in [0.25, 0.3) is 11.8 Å². The van der Waals surface area contributed by atoms with Crippen molar-refractivity contribution in [1.29, 1.82) is 0 Å². The van der Waals surface area contributed by atoms with E-state index in [-0.39, 0.29) is 68.0 Å². The van der Waals surface area contributed by atoms with E-state index in [1.165, 1.54) is 33.9 Å². The Morgan fingerprint density at radius 1 is 0.934 bits per heavy atom. The molecule has 2 aromatic carbocycles. The number of urea groups is 1. The number of aromatic nitrogens is 1. The second-order valence-corrected chi connectivity index (χ2v) is 21.0. The van der Waals surface area contributed by atoms with Crippen molar-refractivity contribution < 1.29 is 47.9 Å². The standard InChI is InChI=1S/C55H66N10O10S/c1-34(2)48(61-44(66)14-6-5-9-26-65-46(68)21-22-47(65)69)51(71)60-41(12-10-25-57-53(56)73)50(70)59-39-18-15-36(16-19-39)33-75-54(74)64-27-23-55(24-28-64)30-38-29-37(31-58-49(38)62-52(55)72)17-20-45(67)63(4)32-43-35(3)40-11-7-8-13-42(40)76-43/h7-8,11,13,15-22,29,31,34,41,48H,5-6,9-10,12,14,23-28,30,32-33H2,1-4H3,(H,59,70)(H,60,71)(H,61,66)(H3,56,57,73)(H,58,62,72)/b20-17+/t41-,48?/m0/s1. The van der Waals surface area contributed by atoms with Crippen molar-refractivity contribution in [2.75, 3.05) is 43.9 Å². The number of nitrogens with one attached hydrogen (secondary N) is 5. The first-order chi connectivity index (χ1) is 36.4. The molecule has 3 aliphatic rings. The number of rotatable bonds is 22. The predicted molar refractivity (Wildman–Crippen MR) is 287 cm³/mol. The van der Waals surface area contributed by atoms with Crippen molar-refractivity contribution in [3.8, 4) is 0 Å². The van der Waals surface area contributed by atoms with Crippen LogP contribution in [0, 0.1) is 18.3 Å². The van der Waals surface area contributed by atoms with Crippen molar-refractivity contribution in [3.63, 3.8) is 0 Å². The Kier molecular flexibility index (Phi) is 18.7. The van der Waals surface area contributed by atoms with Gasteiger partial charge in [-0.1, -0.05) is 50.6 Å². The lowest BCUT2D eigenvalue weighted by atomic mass is 9.71. The van der Waals surface area contributed by atoms with Gasteiger partial charge in [-0.15, -0.1) is 11.3 Å². The van der Waals surface area contributed by atoms with Gasteiger partial charge in [0.1, 0.15) is 24.5 Å². The quantitative estimate of drug-likeness (QED) is 0.0316. The molecule has 0 aliphatic carbocycles. The summed E-state index contributed by atoms with van der Waals surface area (Å²) in [6.45, 7) is 7.05. The molecule has 0 bridgehead atoms. The molecule has 402 valence electrons. The number of anilines is 2. The van der Waals surface area contributed by atoms with E-state index in [1.807, 2.05) is 18.2 Å². The van der Waals surface area contributed by atoms with Crippen LogP contribution < -0.4 is 32.3 Å². The van der Waals surface area contributed by atoms with Crippen LogP contribution in [0.25, 0.3) is 16.2 Å². The molecule has 1 unspecified atom stereocenters. The van der Waals surface area contributed by atoms with E-state index in [4.69, 9.17) is 10.5 Å². The lowest BCUT2D eigenvalue weighted by Crippen LogP contribution is -2.54. The van der Waals surface area contributed by atoms with Crippen LogP contribution in [0.3, 0.4) is 0 Å². The molecule has 2 aromatic heterocycles. The number of amides is 10. The molecule has 10 amide bonds. The third kappa shape index (κ3) is 14.5. The summed E-state index contributed by atoms with van der Waals surface area (Å²) in [5, 5.41) is 15.0. The Bertz CT molecular complexity index is 2890. The number of carbonyl (C=O) groups is 9. The Morgan fingerprint density at radius 2 is 1.66 bits per heavy atom. The number of nitrogens with two attached hydrogens (primary N) is 1. The number of piperidine rings is 1. The molecule has 1 fully saturated rings. The van der Waals surface area contributed by atoms with Crippen LogP contribution in [-0.2, 0) is 57.9 Å². The Labute approximate surface area is 445 Å². The number of ether oxygens (including phenoxy) is 1. The van der Waals surface area contributed by atoms with Crippen molar-refractivity contribution in [1.82, 2.24) is 35.6 Å². The fourth-order valence-corrected chi connectivity index (χ4v) is 10.7. The van der Waals surface area contributed by atoms with Gasteiger partial charge >= 0.3 is 12.1 Å². The number of likely N-dealkylation sites (N-methyl/N-ethyl adjacent to an activating group) is 1. The minimum Gasteiger partial charge on any atom is -0.445 e. The van der Waals surface area contributed by atoms with E-state index >= 15 is 0 Å². The molecular weight excluding hydrogens is 993 g/mol. The number of hydrogen-bond donors (Lipinski definition) is 6. The molecule has 4 aromatic rings. The van der Waals surface area contributed by atoms with Crippen molar-refractivity contribution in [2.45, 2.75) is 104 Å². The lowest BCUT2D eigenvalue weighted by Gasteiger charge is -2.42. The zero-order valence-corrected chi connectivity index (χ0v) is 44.1. The van der Waals surface area contributed by atoms with Crippen LogP contribution in [0.2, 0.25) is 0 Å². The molecule has 2 atom stereocenters. The molecule has 1 spiro atoms. The van der Waals surface area contributed by atoms with Gasteiger partial charge in [0, 0.05) is 79.3 Å². The molecule has 5 heterocycles. The summed E-state index contributed by atoms with van der Waals surface area (Å²) in [6.07, 6.45) is 10.2. The van der Waals surface area contributed by atoms with Crippen LogP contribution >= 0.6 is 11.3 Å². The summed E-state index contributed by atoms with van der Waals surface area (Å²) in [5.41, 5.74) is 8.28. The number of imide groups is 1. The molecule has 76 heavy (non-hydrogen) atoms. The largest absolute Gasteiger partial charge is 0.445 e. The molecule has 20 nitrogen and oxygen atoms in total. The minimum absolute atomic E-state index is 0.0558. The summed E-state index contributed by atoms with van der Waals surface area (Å²) >= 11 is 1.69. The summed E-state index contributed by atoms with van der Waals surface area (Å²) < 4.78 is 6.86. The zero-order valence-electron chi connectivity index (χ0n) is 43.3. The predicted octanol–water partition coefficient (Wildman–Crippen LogP) is 5.69. The zero-order chi connectivity index (χ0) is 54.5. The van der Waals surface area contributed by atoms with Gasteiger partial charge in [0.05, 0.1) is 12.0 Å². The highest BCUT2D eigenvalue weighted by Crippen LogP contribution is 2.41. The SMILES string of the molecule is Cc1c(CN(C)C(=O)/C=C/c2cnc3c(c2)CC2(CCN(C(=O)OCc4ccc(NC(=O)[C@H](CCCNC(N)=O)NC(=O)C(NC(=O)CCCCCN5C(=O)C=CC5=O)C(C)C)cc4)CC2)C(=O)N3)sc2ccccc12. The second-order valence-electron chi connectivity index (χ2n) is 19.8. The number of pyridine rings is 1. The summed E-state index contributed by atoms with van der Waals surface area (Å²) in [4.78, 5) is 125. The number of hydrogen-bond acceptors (Lipinski definition) is 12. The van der Waals surface area contributed by atoms with Gasteiger partial charge in [-0.3, -0.25) is 38.5 Å². The van der Waals surface area contributed by atoms with Crippen molar-refractivity contribution in [2.24, 2.45) is 17.1 Å². The maximum Gasteiger partial charge on any atom is 0.410 e. The summed E-state index contributed by atoms with van der Waals surface area (Å²) in [5.74, 6) is -2.33. The van der Waals surface area contributed by atoms with Crippen LogP contribution in [-0.4, -0.2) is 118 Å². The number of likely N-dealkylation sites (tertiary alicyclic amines) is 1. The third-order valence-corrected chi connectivity index (χ3v) is 15.2. The number of benzene rings is 2. The van der Waals surface area contributed by atoms with Gasteiger partial charge in [0.15, 0.2) is 0 Å². The number of unbranched alkanes of at least 4 members (excludes halogenated alkanes) is 2. The highest BCUT2D eigenvalue weighted by Gasteiger charge is 2.46. The number of primary amides is 1. The van der Waals surface area contributed by atoms with Gasteiger partial charge < -0.3 is 46.9 Å². The summed E-state index contributed by atoms with van der Waals surface area (Å²) in [6, 6.07) is 14.0. The Balaban J connectivity index is 0.860. The average molecular weight is 1060 g/mol. The third-order valence-electron chi connectivity index (χ3n) is 14.0. The molecule has 0 radical (unpaired) electrons. The molecular formula is C55H66N10O10S. The molecule has 7 N–H and O–H groups in total. The fourth-order valence-electron chi connectivity index (χ4n) is 9.40. The van der Waals surface area contributed by atoms with Gasteiger partial charge in [-0.2, -0.15) is 0 Å². The van der Waals surface area contributed by atoms with Crippen molar-refractivity contribution in [3.05, 3.63) is 106 Å². The monoisotopic (exact) mass is 1060 g/mol. The van der Waals surface area contributed by atoms with E-state index in [9.17, 15) is 43.2 Å². The Morgan fingerprint density at radius 3 is 2.36 bits per heavy atom. The lowest BCUT2D eigenvalue weighted by molar-refractivity contribution is -0.137. The molecule has 7 rings (SSSR count). The van der Waals surface area contributed by atoms with Crippen LogP contribution in [0.5, 0.6) is 0 Å². The van der Waals surface area contributed by atoms with E-state index in [2.05, 4.69) is 50.6 Å². The van der Waals surface area contributed by atoms with E-state index in [1.54, 1.807) is 78.6 Å². The molecule has 3 aliphatic heterocycles. The summed E-state index contributed by atoms with van der Waals surface area (Å²) in [7, 11) is 1.78. The first-order valence-electron chi connectivity index (χ1n) is 25.6. The highest BCUT2D eigenvalue weighted by atomic mass is 32.1.